The number of carbonyl (C=O) groups is 3. The van der Waals surface area contributed by atoms with Gasteiger partial charge in [-0.25, -0.2) is 0 Å². The van der Waals surface area contributed by atoms with E-state index in [2.05, 4.69) is 13.8 Å². The molecule has 5 heteroatoms. The van der Waals surface area contributed by atoms with Gasteiger partial charge in [0.05, 0.1) is 0 Å². The van der Waals surface area contributed by atoms with Gasteiger partial charge < -0.3 is 9.84 Å². The zero-order valence-electron chi connectivity index (χ0n) is 17.0. The fourth-order valence-corrected chi connectivity index (χ4v) is 7.10. The lowest BCUT2D eigenvalue weighted by Crippen LogP contribution is -2.51. The summed E-state index contributed by atoms with van der Waals surface area (Å²) < 4.78 is 4.99. The maximum absolute atomic E-state index is 12.8. The summed E-state index contributed by atoms with van der Waals surface area (Å²) in [7, 11) is 0. The lowest BCUT2D eigenvalue weighted by molar-refractivity contribution is -0.149. The first-order chi connectivity index (χ1) is 13.2. The van der Waals surface area contributed by atoms with E-state index in [-0.39, 0.29) is 35.3 Å². The first-order valence-electron chi connectivity index (χ1n) is 10.5. The van der Waals surface area contributed by atoms with Gasteiger partial charge in [0.25, 0.3) is 0 Å². The van der Waals surface area contributed by atoms with Crippen LogP contribution in [0.2, 0.25) is 0 Å². The first-order valence-corrected chi connectivity index (χ1v) is 10.5. The van der Waals surface area contributed by atoms with Crippen molar-refractivity contribution in [2.45, 2.75) is 59.3 Å². The lowest BCUT2D eigenvalue weighted by Gasteiger charge is -2.57. The van der Waals surface area contributed by atoms with E-state index in [0.29, 0.717) is 17.8 Å². The second-order valence-electron chi connectivity index (χ2n) is 9.64. The van der Waals surface area contributed by atoms with Crippen LogP contribution < -0.4 is 0 Å². The van der Waals surface area contributed by atoms with Gasteiger partial charge in [-0.05, 0) is 74.7 Å². The van der Waals surface area contributed by atoms with Crippen LogP contribution in [0.25, 0.3) is 0 Å². The van der Waals surface area contributed by atoms with E-state index in [1.165, 1.54) is 13.0 Å². The van der Waals surface area contributed by atoms with E-state index in [1.54, 1.807) is 6.08 Å². The van der Waals surface area contributed by atoms with Gasteiger partial charge >= 0.3 is 5.97 Å². The molecule has 5 nitrogen and oxygen atoms in total. The van der Waals surface area contributed by atoms with Gasteiger partial charge in [0.15, 0.2) is 11.6 Å². The minimum atomic E-state index is -0.446. The predicted molar refractivity (Wildman–Crippen MR) is 103 cm³/mol. The van der Waals surface area contributed by atoms with Gasteiger partial charge in [-0.3, -0.25) is 14.4 Å². The third-order valence-corrected chi connectivity index (χ3v) is 8.53. The zero-order valence-corrected chi connectivity index (χ0v) is 17.0. The number of allylic oxidation sites excluding steroid dienone is 3. The Morgan fingerprint density at radius 3 is 2.61 bits per heavy atom. The van der Waals surface area contributed by atoms with Crippen molar-refractivity contribution in [3.63, 3.8) is 0 Å². The summed E-state index contributed by atoms with van der Waals surface area (Å²) in [5.41, 5.74) is 0.556. The molecule has 0 radical (unpaired) electrons. The summed E-state index contributed by atoms with van der Waals surface area (Å²) in [4.78, 5) is 35.8. The molecule has 4 aliphatic carbocycles. The summed E-state index contributed by atoms with van der Waals surface area (Å²) in [5, 5.41) is 10.7. The largest absolute Gasteiger partial charge is 0.511 e. The van der Waals surface area contributed by atoms with Gasteiger partial charge in [0.1, 0.15) is 12.4 Å². The SMILES string of the molecule is CC(=O)OCC(=O)[C@H]1CC[C@H]2[C@@H]3CCC4=CC(=O)C=C(O)[C@]4(C)[C@H]3CC[C@]12C. The molecule has 0 aromatic heterocycles. The van der Waals surface area contributed by atoms with Crippen molar-refractivity contribution in [1.82, 2.24) is 0 Å². The number of aliphatic hydroxyl groups is 1. The van der Waals surface area contributed by atoms with Crippen LogP contribution >= 0.6 is 0 Å². The van der Waals surface area contributed by atoms with Crippen molar-refractivity contribution < 1.29 is 24.2 Å². The summed E-state index contributed by atoms with van der Waals surface area (Å²) in [6, 6.07) is 0. The normalized spacial score (nSPS) is 41.9. The average Bonchev–Trinajstić information content (AvgIpc) is 2.98. The summed E-state index contributed by atoms with van der Waals surface area (Å²) in [6.07, 6.45) is 8.69. The Labute approximate surface area is 166 Å². The molecule has 0 amide bonds. The number of esters is 1. The van der Waals surface area contributed by atoms with Gasteiger partial charge in [0.2, 0.25) is 0 Å². The molecule has 4 rings (SSSR count). The molecular weight excluding hydrogens is 356 g/mol. The molecule has 28 heavy (non-hydrogen) atoms. The maximum atomic E-state index is 12.8. The summed E-state index contributed by atoms with van der Waals surface area (Å²) in [5.74, 6) is 0.863. The summed E-state index contributed by atoms with van der Waals surface area (Å²) >= 11 is 0. The maximum Gasteiger partial charge on any atom is 0.303 e. The van der Waals surface area contributed by atoms with Crippen LogP contribution in [0.5, 0.6) is 0 Å². The Morgan fingerprint density at radius 1 is 1.14 bits per heavy atom. The lowest BCUT2D eigenvalue weighted by atomic mass is 9.47. The summed E-state index contributed by atoms with van der Waals surface area (Å²) in [6.45, 7) is 5.55. The van der Waals surface area contributed by atoms with Crippen LogP contribution in [0.15, 0.2) is 23.5 Å². The van der Waals surface area contributed by atoms with Gasteiger partial charge in [-0.15, -0.1) is 0 Å². The highest BCUT2D eigenvalue weighted by Gasteiger charge is 2.61. The molecule has 0 bridgehead atoms. The Balaban J connectivity index is 1.59. The molecule has 152 valence electrons. The standard InChI is InChI=1S/C23H30O5/c1-13(24)28-12-20(26)19-7-6-17-16-5-4-14-10-15(25)11-21(27)23(14,3)18(16)8-9-22(17,19)2/h10-11,16-19,27H,4-9,12H2,1-3H3/t16-,17-,18-,19+,22-,23-/m0/s1. The average molecular weight is 386 g/mol. The molecule has 0 heterocycles. The Kier molecular flexibility index (Phi) is 4.55. The molecule has 0 unspecified atom stereocenters. The molecule has 0 aliphatic heterocycles. The van der Waals surface area contributed by atoms with E-state index in [4.69, 9.17) is 4.74 Å². The first kappa shape index (κ1) is 19.4. The number of aliphatic hydroxyl groups excluding tert-OH is 1. The highest BCUT2D eigenvalue weighted by molar-refractivity contribution is 6.01. The van der Waals surface area contributed by atoms with Crippen LogP contribution in [0.1, 0.15) is 59.3 Å². The fraction of sp³-hybridized carbons (Fsp3) is 0.696. The van der Waals surface area contributed by atoms with E-state index in [0.717, 1.165) is 44.1 Å². The Morgan fingerprint density at radius 2 is 1.89 bits per heavy atom. The van der Waals surface area contributed by atoms with Crippen molar-refractivity contribution in [3.05, 3.63) is 23.5 Å². The number of Topliss-reactive ketones (excluding diaryl/α,β-unsaturated/α-hetero) is 1. The van der Waals surface area contributed by atoms with Crippen LogP contribution in [0.4, 0.5) is 0 Å². The molecule has 3 fully saturated rings. The molecule has 3 saturated carbocycles. The number of rotatable bonds is 3. The van der Waals surface area contributed by atoms with Crippen LogP contribution in [0.3, 0.4) is 0 Å². The number of hydrogen-bond donors (Lipinski definition) is 1. The zero-order chi connectivity index (χ0) is 20.3. The number of carbonyl (C=O) groups excluding carboxylic acids is 3. The third kappa shape index (κ3) is 2.69. The fourth-order valence-electron chi connectivity index (χ4n) is 7.10. The molecule has 0 spiro atoms. The van der Waals surface area contributed by atoms with E-state index in [1.807, 2.05) is 0 Å². The third-order valence-electron chi connectivity index (χ3n) is 8.53. The van der Waals surface area contributed by atoms with Crippen LogP contribution in [0, 0.1) is 34.5 Å². The van der Waals surface area contributed by atoms with Crippen molar-refractivity contribution in [2.75, 3.05) is 6.61 Å². The van der Waals surface area contributed by atoms with E-state index >= 15 is 0 Å². The molecular formula is C23H30O5. The van der Waals surface area contributed by atoms with E-state index in [9.17, 15) is 19.5 Å². The molecule has 0 saturated heterocycles. The van der Waals surface area contributed by atoms with Crippen molar-refractivity contribution in [1.29, 1.82) is 0 Å². The van der Waals surface area contributed by atoms with Gasteiger partial charge in [-0.2, -0.15) is 0 Å². The molecule has 1 N–H and O–H groups in total. The smallest absolute Gasteiger partial charge is 0.303 e. The van der Waals surface area contributed by atoms with Crippen molar-refractivity contribution in [2.24, 2.45) is 34.5 Å². The van der Waals surface area contributed by atoms with Gasteiger partial charge in [0, 0.05) is 24.3 Å². The molecule has 6 atom stereocenters. The van der Waals surface area contributed by atoms with Crippen molar-refractivity contribution in [3.8, 4) is 0 Å². The minimum absolute atomic E-state index is 0.0484. The Bertz CT molecular complexity index is 793. The number of hydrogen-bond acceptors (Lipinski definition) is 5. The molecule has 4 aliphatic rings. The van der Waals surface area contributed by atoms with Crippen molar-refractivity contribution >= 4 is 17.5 Å². The predicted octanol–water partition coefficient (Wildman–Crippen LogP) is 3.93. The number of fused-ring (bicyclic) bond motifs is 5. The van der Waals surface area contributed by atoms with Crippen LogP contribution in [-0.4, -0.2) is 29.2 Å². The van der Waals surface area contributed by atoms with E-state index < -0.39 is 11.4 Å². The van der Waals surface area contributed by atoms with Crippen LogP contribution in [-0.2, 0) is 19.1 Å². The number of ketones is 2. The second-order valence-corrected chi connectivity index (χ2v) is 9.64. The number of ether oxygens (including phenoxy) is 1. The van der Waals surface area contributed by atoms with Gasteiger partial charge in [-0.1, -0.05) is 12.5 Å². The monoisotopic (exact) mass is 386 g/mol. The Hall–Kier alpha value is -1.91. The molecule has 0 aromatic rings. The highest BCUT2D eigenvalue weighted by atomic mass is 16.5. The highest BCUT2D eigenvalue weighted by Crippen LogP contribution is 2.66. The quantitative estimate of drug-likeness (QED) is 0.744. The second kappa shape index (κ2) is 6.57. The minimum Gasteiger partial charge on any atom is -0.511 e. The molecule has 0 aromatic carbocycles. The topological polar surface area (TPSA) is 80.7 Å².